The van der Waals surface area contributed by atoms with Gasteiger partial charge in [0.05, 0.1) is 11.8 Å². The van der Waals surface area contributed by atoms with E-state index in [4.69, 9.17) is 10.8 Å². The molecule has 5 heteroatoms. The molecule has 1 amide bonds. The normalized spacial score (nSPS) is 17.0. The first-order valence-corrected chi connectivity index (χ1v) is 9.13. The molecule has 0 fully saturated rings. The summed E-state index contributed by atoms with van der Waals surface area (Å²) in [4.78, 5) is 13.3. The van der Waals surface area contributed by atoms with Crippen LogP contribution in [-0.2, 0) is 11.2 Å². The van der Waals surface area contributed by atoms with E-state index in [0.29, 0.717) is 5.69 Å². The molecule has 3 rings (SSSR count). The largest absolute Gasteiger partial charge is 0.399 e. The van der Waals surface area contributed by atoms with Crippen LogP contribution < -0.4 is 5.73 Å². The quantitative estimate of drug-likeness (QED) is 0.672. The molecule has 24 heavy (non-hydrogen) atoms. The minimum absolute atomic E-state index is 0.0182. The smallest absolute Gasteiger partial charge is 0.239 e. The van der Waals surface area contributed by atoms with Gasteiger partial charge in [0.2, 0.25) is 5.91 Å². The van der Waals surface area contributed by atoms with Gasteiger partial charge in [-0.25, -0.2) is 5.01 Å². The van der Waals surface area contributed by atoms with Crippen LogP contribution in [0.4, 0.5) is 5.69 Å². The molecule has 2 aromatic carbocycles. The maximum absolute atomic E-state index is 12.1. The Balaban J connectivity index is 2.19. The number of nitrogens with zero attached hydrogens (tertiary/aromatic N) is 2. The number of nitrogens with two attached hydrogens (primary N) is 1. The number of hydrogen-bond donors (Lipinski definition) is 1. The second-order valence-electron chi connectivity index (χ2n) is 6.01. The standard InChI is InChI=1S/C19H21N3OS/c1-12-10-15-11-17(24-3)8-9-18(15)19(21-22(12)13(2)23)14-4-6-16(20)7-5-14/h4-9,11-12H,10,20H2,1-3H3. The molecule has 1 heterocycles. The first kappa shape index (κ1) is 16.6. The Morgan fingerprint density at radius 2 is 1.96 bits per heavy atom. The lowest BCUT2D eigenvalue weighted by Gasteiger charge is -2.21. The minimum Gasteiger partial charge on any atom is -0.399 e. The van der Waals surface area contributed by atoms with Gasteiger partial charge in [-0.1, -0.05) is 18.2 Å². The highest BCUT2D eigenvalue weighted by Crippen LogP contribution is 2.27. The van der Waals surface area contributed by atoms with E-state index in [2.05, 4.69) is 24.5 Å². The molecule has 0 saturated heterocycles. The molecule has 1 atom stereocenters. The van der Waals surface area contributed by atoms with E-state index < -0.39 is 0 Å². The van der Waals surface area contributed by atoms with E-state index in [9.17, 15) is 4.79 Å². The van der Waals surface area contributed by atoms with Gasteiger partial charge in [0.1, 0.15) is 0 Å². The number of fused-ring (bicyclic) bond motifs is 1. The van der Waals surface area contributed by atoms with Gasteiger partial charge in [0.15, 0.2) is 0 Å². The van der Waals surface area contributed by atoms with Crippen molar-refractivity contribution >= 4 is 29.1 Å². The summed E-state index contributed by atoms with van der Waals surface area (Å²) in [6.45, 7) is 3.59. The predicted octanol–water partition coefficient (Wildman–Crippen LogP) is 3.54. The van der Waals surface area contributed by atoms with E-state index in [1.54, 1.807) is 23.7 Å². The summed E-state index contributed by atoms with van der Waals surface area (Å²) in [5.74, 6) is -0.0478. The molecule has 1 aliphatic rings. The molecular weight excluding hydrogens is 318 g/mol. The van der Waals surface area contributed by atoms with E-state index in [1.165, 1.54) is 10.5 Å². The van der Waals surface area contributed by atoms with Crippen LogP contribution in [0.5, 0.6) is 0 Å². The summed E-state index contributed by atoms with van der Waals surface area (Å²) in [7, 11) is 0. The Bertz CT molecular complexity index is 799. The highest BCUT2D eigenvalue weighted by atomic mass is 32.2. The van der Waals surface area contributed by atoms with Crippen LogP contribution in [0.2, 0.25) is 0 Å². The molecule has 0 radical (unpaired) electrons. The van der Waals surface area contributed by atoms with Crippen molar-refractivity contribution in [1.82, 2.24) is 5.01 Å². The van der Waals surface area contributed by atoms with Crippen molar-refractivity contribution in [3.05, 3.63) is 59.2 Å². The summed E-state index contributed by atoms with van der Waals surface area (Å²) in [6, 6.07) is 14.1. The molecule has 2 aromatic rings. The zero-order valence-electron chi connectivity index (χ0n) is 14.1. The number of thioether (sulfide) groups is 1. The topological polar surface area (TPSA) is 58.7 Å². The van der Waals surface area contributed by atoms with Crippen molar-refractivity contribution in [1.29, 1.82) is 0 Å². The maximum Gasteiger partial charge on any atom is 0.239 e. The van der Waals surface area contributed by atoms with Gasteiger partial charge in [0.25, 0.3) is 0 Å². The third-order valence-electron chi connectivity index (χ3n) is 4.21. The molecular formula is C19H21N3OS. The number of rotatable bonds is 2. The number of carbonyl (C=O) groups excluding carboxylic acids is 1. The second kappa shape index (κ2) is 6.69. The van der Waals surface area contributed by atoms with Gasteiger partial charge >= 0.3 is 0 Å². The molecule has 0 aromatic heterocycles. The first-order valence-electron chi connectivity index (χ1n) is 7.91. The van der Waals surface area contributed by atoms with Crippen molar-refractivity contribution in [3.8, 4) is 0 Å². The predicted molar refractivity (Wildman–Crippen MR) is 100 cm³/mol. The number of anilines is 1. The van der Waals surface area contributed by atoms with Crippen molar-refractivity contribution < 1.29 is 4.79 Å². The molecule has 1 unspecified atom stereocenters. The first-order chi connectivity index (χ1) is 11.5. The van der Waals surface area contributed by atoms with Crippen LogP contribution in [0.3, 0.4) is 0 Å². The Hall–Kier alpha value is -2.27. The number of carbonyl (C=O) groups is 1. The number of nitrogen functional groups attached to an aromatic ring is 1. The lowest BCUT2D eigenvalue weighted by Crippen LogP contribution is -2.33. The monoisotopic (exact) mass is 339 g/mol. The molecule has 4 nitrogen and oxygen atoms in total. The fourth-order valence-electron chi connectivity index (χ4n) is 3.00. The summed E-state index contributed by atoms with van der Waals surface area (Å²) in [5, 5.41) is 6.29. The average molecular weight is 339 g/mol. The zero-order valence-corrected chi connectivity index (χ0v) is 14.9. The van der Waals surface area contributed by atoms with Gasteiger partial charge in [-0.15, -0.1) is 11.8 Å². The summed E-state index contributed by atoms with van der Waals surface area (Å²) >= 11 is 1.72. The molecule has 0 spiro atoms. The average Bonchev–Trinajstić information content (AvgIpc) is 2.71. The van der Waals surface area contributed by atoms with Crippen LogP contribution in [0.15, 0.2) is 52.5 Å². The van der Waals surface area contributed by atoms with Crippen LogP contribution in [0, 0.1) is 0 Å². The van der Waals surface area contributed by atoms with E-state index in [1.807, 2.05) is 31.2 Å². The van der Waals surface area contributed by atoms with E-state index in [0.717, 1.165) is 23.3 Å². The van der Waals surface area contributed by atoms with Gasteiger partial charge in [0, 0.05) is 28.6 Å². The molecule has 2 N–H and O–H groups in total. The van der Waals surface area contributed by atoms with Crippen LogP contribution in [0.1, 0.15) is 30.5 Å². The van der Waals surface area contributed by atoms with Crippen molar-refractivity contribution in [2.45, 2.75) is 31.2 Å². The lowest BCUT2D eigenvalue weighted by molar-refractivity contribution is -0.130. The van der Waals surface area contributed by atoms with Crippen LogP contribution in [0.25, 0.3) is 0 Å². The van der Waals surface area contributed by atoms with E-state index in [-0.39, 0.29) is 11.9 Å². The third-order valence-corrected chi connectivity index (χ3v) is 4.94. The molecule has 0 saturated carbocycles. The molecule has 124 valence electrons. The van der Waals surface area contributed by atoms with E-state index >= 15 is 0 Å². The minimum atomic E-state index is -0.0478. The summed E-state index contributed by atoms with van der Waals surface area (Å²) < 4.78 is 0. The van der Waals surface area contributed by atoms with Crippen molar-refractivity contribution in [2.24, 2.45) is 5.10 Å². The second-order valence-corrected chi connectivity index (χ2v) is 6.89. The Morgan fingerprint density at radius 3 is 2.58 bits per heavy atom. The van der Waals surface area contributed by atoms with Gasteiger partial charge in [-0.3, -0.25) is 4.79 Å². The molecule has 0 aliphatic carbocycles. The third kappa shape index (κ3) is 3.17. The Kier molecular flexibility index (Phi) is 4.62. The van der Waals surface area contributed by atoms with Crippen molar-refractivity contribution in [3.63, 3.8) is 0 Å². The van der Waals surface area contributed by atoms with Gasteiger partial charge in [-0.2, -0.15) is 5.10 Å². The Labute approximate surface area is 146 Å². The fraction of sp³-hybridized carbons (Fsp3) is 0.263. The highest BCUT2D eigenvalue weighted by Gasteiger charge is 2.25. The summed E-state index contributed by atoms with van der Waals surface area (Å²) in [5.41, 5.74) is 10.6. The number of hydrogen-bond acceptors (Lipinski definition) is 4. The number of benzene rings is 2. The number of amides is 1. The number of hydrazone groups is 1. The molecule has 0 bridgehead atoms. The van der Waals surface area contributed by atoms with Gasteiger partial charge in [-0.05, 0) is 49.4 Å². The maximum atomic E-state index is 12.1. The van der Waals surface area contributed by atoms with Crippen LogP contribution >= 0.6 is 11.8 Å². The highest BCUT2D eigenvalue weighted by molar-refractivity contribution is 7.98. The van der Waals surface area contributed by atoms with Crippen LogP contribution in [-0.4, -0.2) is 28.9 Å². The zero-order chi connectivity index (χ0) is 17.3. The van der Waals surface area contributed by atoms with Gasteiger partial charge < -0.3 is 5.73 Å². The SMILES string of the molecule is CSc1ccc2c(c1)CC(C)N(C(C)=O)N=C2c1ccc(N)cc1. The van der Waals surface area contributed by atoms with Crippen molar-refractivity contribution in [2.75, 3.05) is 12.0 Å². The lowest BCUT2D eigenvalue weighted by atomic mass is 9.94. The summed E-state index contributed by atoms with van der Waals surface area (Å²) in [6.07, 6.45) is 2.85. The fourth-order valence-corrected chi connectivity index (χ4v) is 3.46. The molecule has 1 aliphatic heterocycles. The Morgan fingerprint density at radius 1 is 1.25 bits per heavy atom.